The van der Waals surface area contributed by atoms with Gasteiger partial charge in [0, 0.05) is 20.1 Å². The quantitative estimate of drug-likeness (QED) is 0.834. The van der Waals surface area contributed by atoms with Gasteiger partial charge in [-0.1, -0.05) is 13.3 Å². The molecule has 2 saturated heterocycles. The van der Waals surface area contributed by atoms with E-state index in [1.807, 2.05) is 11.9 Å². The van der Waals surface area contributed by atoms with Crippen LogP contribution in [0.25, 0.3) is 0 Å². The molecular formula is C15H27N3O2. The first kappa shape index (κ1) is 15.3. The number of piperidine rings is 1. The lowest BCUT2D eigenvalue weighted by molar-refractivity contribution is -0.147. The van der Waals surface area contributed by atoms with Gasteiger partial charge in [0.05, 0.1) is 12.0 Å². The molecule has 0 aromatic carbocycles. The number of rotatable bonds is 3. The first-order valence-electron chi connectivity index (χ1n) is 7.83. The van der Waals surface area contributed by atoms with Gasteiger partial charge in [0.2, 0.25) is 11.8 Å². The van der Waals surface area contributed by atoms with E-state index in [4.69, 9.17) is 0 Å². The van der Waals surface area contributed by atoms with E-state index in [2.05, 4.69) is 12.2 Å². The second kappa shape index (κ2) is 6.57. The molecule has 0 unspecified atom stereocenters. The smallest absolute Gasteiger partial charge is 0.241 e. The average molecular weight is 281 g/mol. The number of likely N-dealkylation sites (N-methyl/N-ethyl adjacent to an activating group) is 1. The van der Waals surface area contributed by atoms with Crippen molar-refractivity contribution >= 4 is 11.8 Å². The Labute approximate surface area is 121 Å². The first-order chi connectivity index (χ1) is 9.59. The van der Waals surface area contributed by atoms with E-state index in [0.717, 1.165) is 51.7 Å². The fraction of sp³-hybridized carbons (Fsp3) is 0.867. The third-order valence-corrected chi connectivity index (χ3v) is 4.70. The molecule has 2 amide bonds. The molecule has 5 nitrogen and oxygen atoms in total. The molecule has 0 aromatic rings. The van der Waals surface area contributed by atoms with Crippen LogP contribution >= 0.6 is 0 Å². The topological polar surface area (TPSA) is 52.7 Å². The van der Waals surface area contributed by atoms with Crippen molar-refractivity contribution in [3.8, 4) is 0 Å². The Morgan fingerprint density at radius 1 is 1.30 bits per heavy atom. The van der Waals surface area contributed by atoms with Crippen molar-refractivity contribution in [2.24, 2.45) is 5.41 Å². The summed E-state index contributed by atoms with van der Waals surface area (Å²) in [5.74, 6) is 0.279. The van der Waals surface area contributed by atoms with Crippen LogP contribution in [0.2, 0.25) is 0 Å². The lowest BCUT2D eigenvalue weighted by Crippen LogP contribution is -2.50. The van der Waals surface area contributed by atoms with Crippen LogP contribution in [-0.4, -0.2) is 61.4 Å². The third-order valence-electron chi connectivity index (χ3n) is 4.70. The van der Waals surface area contributed by atoms with E-state index in [1.165, 1.54) is 0 Å². The zero-order chi connectivity index (χ0) is 14.6. The van der Waals surface area contributed by atoms with Gasteiger partial charge in [0.1, 0.15) is 0 Å². The molecule has 0 atom stereocenters. The van der Waals surface area contributed by atoms with Crippen LogP contribution in [0.15, 0.2) is 0 Å². The highest BCUT2D eigenvalue weighted by Crippen LogP contribution is 2.36. The highest BCUT2D eigenvalue weighted by Gasteiger charge is 2.42. The van der Waals surface area contributed by atoms with E-state index in [1.54, 1.807) is 4.90 Å². The summed E-state index contributed by atoms with van der Waals surface area (Å²) in [4.78, 5) is 28.5. The average Bonchev–Trinajstić information content (AvgIpc) is 2.62. The lowest BCUT2D eigenvalue weighted by atomic mass is 9.74. The molecule has 2 heterocycles. The van der Waals surface area contributed by atoms with Crippen LogP contribution in [0.5, 0.6) is 0 Å². The maximum absolute atomic E-state index is 13.0. The molecule has 2 aliphatic rings. The number of carbonyl (C=O) groups excluding carboxylic acids is 2. The van der Waals surface area contributed by atoms with Crippen molar-refractivity contribution in [1.29, 1.82) is 0 Å². The molecular weight excluding hydrogens is 254 g/mol. The second-order valence-electron chi connectivity index (χ2n) is 6.18. The Morgan fingerprint density at radius 2 is 2.00 bits per heavy atom. The number of carbonyl (C=O) groups is 2. The van der Waals surface area contributed by atoms with Gasteiger partial charge in [0.15, 0.2) is 0 Å². The van der Waals surface area contributed by atoms with E-state index < -0.39 is 0 Å². The summed E-state index contributed by atoms with van der Waals surface area (Å²) >= 11 is 0. The predicted octanol–water partition coefficient (Wildman–Crippen LogP) is 0.847. The van der Waals surface area contributed by atoms with Crippen LogP contribution in [-0.2, 0) is 9.59 Å². The molecule has 0 radical (unpaired) electrons. The van der Waals surface area contributed by atoms with Gasteiger partial charge in [-0.25, -0.2) is 0 Å². The number of hydrogen-bond acceptors (Lipinski definition) is 3. The Hall–Kier alpha value is -1.10. The normalized spacial score (nSPS) is 23.6. The predicted molar refractivity (Wildman–Crippen MR) is 78.3 cm³/mol. The van der Waals surface area contributed by atoms with Crippen molar-refractivity contribution in [3.05, 3.63) is 0 Å². The van der Waals surface area contributed by atoms with E-state index >= 15 is 0 Å². The Morgan fingerprint density at radius 3 is 2.65 bits per heavy atom. The van der Waals surface area contributed by atoms with E-state index in [9.17, 15) is 9.59 Å². The lowest BCUT2D eigenvalue weighted by Gasteiger charge is -2.39. The van der Waals surface area contributed by atoms with Gasteiger partial charge in [-0.3, -0.25) is 9.59 Å². The Kier molecular flexibility index (Phi) is 5.02. The minimum atomic E-state index is -0.233. The fourth-order valence-electron chi connectivity index (χ4n) is 3.45. The zero-order valence-corrected chi connectivity index (χ0v) is 12.8. The molecule has 1 N–H and O–H groups in total. The summed E-state index contributed by atoms with van der Waals surface area (Å²) in [5.41, 5.74) is -0.233. The van der Waals surface area contributed by atoms with Crippen LogP contribution in [0.4, 0.5) is 0 Å². The Balaban J connectivity index is 2.12. The fourth-order valence-corrected chi connectivity index (χ4v) is 3.45. The molecule has 2 rings (SSSR count). The maximum Gasteiger partial charge on any atom is 0.241 e. The molecule has 2 fully saturated rings. The van der Waals surface area contributed by atoms with Gasteiger partial charge in [-0.05, 0) is 38.8 Å². The molecule has 0 aromatic heterocycles. The molecule has 0 bridgehead atoms. The summed E-state index contributed by atoms with van der Waals surface area (Å²) in [6.07, 6.45) is 4.65. The summed E-state index contributed by atoms with van der Waals surface area (Å²) in [6.45, 7) is 5.69. The molecule has 0 aliphatic carbocycles. The summed E-state index contributed by atoms with van der Waals surface area (Å²) in [5, 5.41) is 3.34. The number of nitrogens with one attached hydrogen (secondary N) is 1. The number of amides is 2. The van der Waals surface area contributed by atoms with Crippen molar-refractivity contribution in [2.45, 2.75) is 39.0 Å². The minimum absolute atomic E-state index is 0.0661. The van der Waals surface area contributed by atoms with Crippen LogP contribution in [0, 0.1) is 5.41 Å². The van der Waals surface area contributed by atoms with Crippen LogP contribution in [0.1, 0.15) is 39.0 Å². The summed E-state index contributed by atoms with van der Waals surface area (Å²) < 4.78 is 0. The molecule has 114 valence electrons. The van der Waals surface area contributed by atoms with Gasteiger partial charge >= 0.3 is 0 Å². The van der Waals surface area contributed by atoms with Gasteiger partial charge < -0.3 is 15.1 Å². The van der Waals surface area contributed by atoms with Crippen molar-refractivity contribution in [2.75, 3.05) is 39.8 Å². The number of nitrogens with zero attached hydrogens (tertiary/aromatic N) is 2. The summed E-state index contributed by atoms with van der Waals surface area (Å²) in [6, 6.07) is 0. The highest BCUT2D eigenvalue weighted by atomic mass is 16.2. The van der Waals surface area contributed by atoms with Crippen molar-refractivity contribution in [3.63, 3.8) is 0 Å². The zero-order valence-electron chi connectivity index (χ0n) is 12.8. The van der Waals surface area contributed by atoms with E-state index in [0.29, 0.717) is 6.54 Å². The minimum Gasteiger partial charge on any atom is -0.344 e. The van der Waals surface area contributed by atoms with Crippen LogP contribution < -0.4 is 5.32 Å². The van der Waals surface area contributed by atoms with E-state index in [-0.39, 0.29) is 23.8 Å². The monoisotopic (exact) mass is 281 g/mol. The van der Waals surface area contributed by atoms with Gasteiger partial charge in [-0.15, -0.1) is 0 Å². The standard InChI is InChI=1S/C15H27N3O2/c1-3-5-15(6-8-16-9-7-15)14(20)18-11-4-10-17(2)13(19)12-18/h16H,3-12H2,1-2H3. The molecule has 0 spiro atoms. The highest BCUT2D eigenvalue weighted by molar-refractivity contribution is 5.88. The third kappa shape index (κ3) is 3.14. The Bertz CT molecular complexity index is 359. The number of hydrogen-bond donors (Lipinski definition) is 1. The second-order valence-corrected chi connectivity index (χ2v) is 6.18. The van der Waals surface area contributed by atoms with Crippen molar-refractivity contribution < 1.29 is 9.59 Å². The maximum atomic E-state index is 13.0. The molecule has 20 heavy (non-hydrogen) atoms. The SMILES string of the molecule is CCCC1(C(=O)N2CCCN(C)C(=O)C2)CCNCC1. The first-order valence-corrected chi connectivity index (χ1v) is 7.83. The van der Waals surface area contributed by atoms with Gasteiger partial charge in [0.25, 0.3) is 0 Å². The molecule has 2 aliphatic heterocycles. The molecule has 5 heteroatoms. The summed E-state index contributed by atoms with van der Waals surface area (Å²) in [7, 11) is 1.82. The van der Waals surface area contributed by atoms with Gasteiger partial charge in [-0.2, -0.15) is 0 Å². The van der Waals surface area contributed by atoms with Crippen LogP contribution in [0.3, 0.4) is 0 Å². The molecule has 0 saturated carbocycles. The van der Waals surface area contributed by atoms with Crippen molar-refractivity contribution in [1.82, 2.24) is 15.1 Å². The largest absolute Gasteiger partial charge is 0.344 e.